The fourth-order valence-electron chi connectivity index (χ4n) is 3.50. The fourth-order valence-corrected chi connectivity index (χ4v) is 3.50. The molecule has 1 fully saturated rings. The van der Waals surface area contributed by atoms with Crippen molar-refractivity contribution in [1.29, 1.82) is 0 Å². The van der Waals surface area contributed by atoms with Crippen molar-refractivity contribution >= 4 is 11.8 Å². The first-order valence-corrected chi connectivity index (χ1v) is 9.93. The number of likely N-dealkylation sites (N-methyl/N-ethyl adjacent to an activating group) is 1. The van der Waals surface area contributed by atoms with Crippen LogP contribution in [0.15, 0.2) is 24.3 Å². The van der Waals surface area contributed by atoms with E-state index in [1.807, 2.05) is 4.90 Å². The lowest BCUT2D eigenvalue weighted by atomic mass is 9.85. The van der Waals surface area contributed by atoms with Crippen molar-refractivity contribution in [3.05, 3.63) is 35.6 Å². The van der Waals surface area contributed by atoms with E-state index >= 15 is 0 Å². The Kier molecular flexibility index (Phi) is 8.23. The van der Waals surface area contributed by atoms with Gasteiger partial charge in [-0.2, -0.15) is 0 Å². The summed E-state index contributed by atoms with van der Waals surface area (Å²) in [4.78, 5) is 28.8. The van der Waals surface area contributed by atoms with Crippen LogP contribution in [0, 0.1) is 11.7 Å². The Morgan fingerprint density at radius 3 is 2.30 bits per heavy atom. The predicted octanol–water partition coefficient (Wildman–Crippen LogP) is 2.63. The molecular weight excluding hydrogens is 345 g/mol. The van der Waals surface area contributed by atoms with Gasteiger partial charge in [-0.1, -0.05) is 32.9 Å². The van der Waals surface area contributed by atoms with Gasteiger partial charge in [-0.25, -0.2) is 4.39 Å². The van der Waals surface area contributed by atoms with Gasteiger partial charge < -0.3 is 15.1 Å². The molecule has 150 valence electrons. The van der Waals surface area contributed by atoms with Crippen molar-refractivity contribution in [2.45, 2.75) is 39.5 Å². The molecule has 1 N–H and O–H groups in total. The Bertz CT molecular complexity index is 610. The Labute approximate surface area is 161 Å². The van der Waals surface area contributed by atoms with E-state index in [9.17, 15) is 14.0 Å². The van der Waals surface area contributed by atoms with Crippen LogP contribution < -0.4 is 5.32 Å². The van der Waals surface area contributed by atoms with Gasteiger partial charge in [-0.15, -0.1) is 0 Å². The molecule has 0 radical (unpaired) electrons. The molecule has 1 unspecified atom stereocenters. The van der Waals surface area contributed by atoms with Gasteiger partial charge >= 0.3 is 0 Å². The molecule has 1 aliphatic heterocycles. The molecular formula is C21H32FN3O2. The normalized spacial score (nSPS) is 16.4. The maximum Gasteiger partial charge on any atom is 0.224 e. The number of hydrogen-bond acceptors (Lipinski definition) is 3. The van der Waals surface area contributed by atoms with E-state index in [0.29, 0.717) is 19.4 Å². The van der Waals surface area contributed by atoms with E-state index < -0.39 is 0 Å². The van der Waals surface area contributed by atoms with Crippen LogP contribution in [0.25, 0.3) is 0 Å². The first kappa shape index (κ1) is 21.4. The highest BCUT2D eigenvalue weighted by atomic mass is 19.1. The number of carbonyl (C=O) groups excluding carboxylic acids is 2. The number of piperazine rings is 1. The molecule has 0 aromatic heterocycles. The highest BCUT2D eigenvalue weighted by molar-refractivity contribution is 5.79. The lowest BCUT2D eigenvalue weighted by molar-refractivity contribution is -0.132. The highest BCUT2D eigenvalue weighted by Crippen LogP contribution is 2.28. The summed E-state index contributed by atoms with van der Waals surface area (Å²) in [7, 11) is 0. The first-order valence-electron chi connectivity index (χ1n) is 9.93. The van der Waals surface area contributed by atoms with Crippen LogP contribution in [0.2, 0.25) is 0 Å². The topological polar surface area (TPSA) is 52.6 Å². The van der Waals surface area contributed by atoms with E-state index in [2.05, 4.69) is 31.0 Å². The molecule has 1 aliphatic rings. The molecule has 6 heteroatoms. The van der Waals surface area contributed by atoms with Crippen molar-refractivity contribution in [2.75, 3.05) is 39.3 Å². The molecule has 2 rings (SSSR count). The molecule has 27 heavy (non-hydrogen) atoms. The van der Waals surface area contributed by atoms with Gasteiger partial charge in [0.15, 0.2) is 0 Å². The summed E-state index contributed by atoms with van der Waals surface area (Å²) >= 11 is 0. The van der Waals surface area contributed by atoms with E-state index in [0.717, 1.165) is 38.3 Å². The zero-order valence-corrected chi connectivity index (χ0v) is 16.7. The summed E-state index contributed by atoms with van der Waals surface area (Å²) in [5.41, 5.74) is 0.964. The minimum absolute atomic E-state index is 0.0309. The van der Waals surface area contributed by atoms with Crippen molar-refractivity contribution in [3.8, 4) is 0 Å². The van der Waals surface area contributed by atoms with Crippen LogP contribution in [0.5, 0.6) is 0 Å². The molecule has 1 heterocycles. The second-order valence-electron chi connectivity index (χ2n) is 7.52. The Morgan fingerprint density at radius 1 is 1.11 bits per heavy atom. The molecule has 1 aromatic rings. The Hall–Kier alpha value is -1.95. The number of rotatable bonds is 8. The molecule has 1 aromatic carbocycles. The average Bonchev–Trinajstić information content (AvgIpc) is 2.66. The number of hydrogen-bond donors (Lipinski definition) is 1. The van der Waals surface area contributed by atoms with E-state index in [1.54, 1.807) is 12.1 Å². The van der Waals surface area contributed by atoms with Crippen LogP contribution in [-0.2, 0) is 9.59 Å². The van der Waals surface area contributed by atoms with Gasteiger partial charge in [0, 0.05) is 45.6 Å². The van der Waals surface area contributed by atoms with Crippen molar-refractivity contribution in [3.63, 3.8) is 0 Å². The first-order chi connectivity index (χ1) is 12.9. The van der Waals surface area contributed by atoms with Crippen molar-refractivity contribution in [1.82, 2.24) is 15.1 Å². The number of carbonyl (C=O) groups is 2. The van der Waals surface area contributed by atoms with Gasteiger partial charge in [-0.3, -0.25) is 9.59 Å². The molecule has 2 amide bonds. The molecule has 1 atom stereocenters. The number of amides is 2. The lowest BCUT2D eigenvalue weighted by Crippen LogP contribution is -2.49. The number of nitrogens with one attached hydrogen (secondary N) is 1. The third kappa shape index (κ3) is 6.61. The number of nitrogens with zero attached hydrogens (tertiary/aromatic N) is 2. The SMILES string of the molecule is CCN1CCN(C(=O)CCNC(=O)CC(c2ccc(F)cc2)C(C)C)CC1. The standard InChI is InChI=1S/C21H32FN3O2/c1-4-24-11-13-25(14-12-24)21(27)9-10-23-20(26)15-19(16(2)3)17-5-7-18(22)8-6-17/h5-8,16,19H,4,9-15H2,1-3H3,(H,23,26). The summed E-state index contributed by atoms with van der Waals surface area (Å²) in [6, 6.07) is 6.35. The summed E-state index contributed by atoms with van der Waals surface area (Å²) in [5.74, 6) is 0.0525. The van der Waals surface area contributed by atoms with Gasteiger partial charge in [-0.05, 0) is 36.1 Å². The van der Waals surface area contributed by atoms with Crippen LogP contribution in [0.4, 0.5) is 4.39 Å². The third-order valence-electron chi connectivity index (χ3n) is 5.34. The summed E-state index contributed by atoms with van der Waals surface area (Å²) in [5, 5.41) is 2.87. The molecule has 1 saturated heterocycles. The summed E-state index contributed by atoms with van der Waals surface area (Å²) < 4.78 is 13.1. The fraction of sp³-hybridized carbons (Fsp3) is 0.619. The van der Waals surface area contributed by atoms with Crippen LogP contribution in [0.1, 0.15) is 45.1 Å². The van der Waals surface area contributed by atoms with Crippen LogP contribution >= 0.6 is 0 Å². The average molecular weight is 378 g/mol. The van der Waals surface area contributed by atoms with Gasteiger partial charge in [0.05, 0.1) is 0 Å². The second kappa shape index (κ2) is 10.4. The zero-order chi connectivity index (χ0) is 19.8. The molecule has 5 nitrogen and oxygen atoms in total. The lowest BCUT2D eigenvalue weighted by Gasteiger charge is -2.34. The van der Waals surface area contributed by atoms with Crippen LogP contribution in [0.3, 0.4) is 0 Å². The predicted molar refractivity (Wildman–Crippen MR) is 105 cm³/mol. The number of benzene rings is 1. The smallest absolute Gasteiger partial charge is 0.224 e. The zero-order valence-electron chi connectivity index (χ0n) is 16.7. The second-order valence-corrected chi connectivity index (χ2v) is 7.52. The van der Waals surface area contributed by atoms with Crippen molar-refractivity contribution in [2.24, 2.45) is 5.92 Å². The minimum atomic E-state index is -0.274. The van der Waals surface area contributed by atoms with Crippen LogP contribution in [-0.4, -0.2) is 60.9 Å². The summed E-state index contributed by atoms with van der Waals surface area (Å²) in [6.45, 7) is 11.0. The maximum atomic E-state index is 13.1. The van der Waals surface area contributed by atoms with E-state index in [4.69, 9.17) is 0 Å². The quantitative estimate of drug-likeness (QED) is 0.758. The Balaban J connectivity index is 1.76. The molecule has 0 spiro atoms. The van der Waals surface area contributed by atoms with Crippen molar-refractivity contribution < 1.29 is 14.0 Å². The van der Waals surface area contributed by atoms with Gasteiger partial charge in [0.2, 0.25) is 11.8 Å². The van der Waals surface area contributed by atoms with Gasteiger partial charge in [0.25, 0.3) is 0 Å². The molecule has 0 saturated carbocycles. The minimum Gasteiger partial charge on any atom is -0.356 e. The van der Waals surface area contributed by atoms with Gasteiger partial charge in [0.1, 0.15) is 5.82 Å². The highest BCUT2D eigenvalue weighted by Gasteiger charge is 2.21. The maximum absolute atomic E-state index is 13.1. The monoisotopic (exact) mass is 377 g/mol. The molecule has 0 bridgehead atoms. The summed E-state index contributed by atoms with van der Waals surface area (Å²) in [6.07, 6.45) is 0.674. The molecule has 0 aliphatic carbocycles. The van der Waals surface area contributed by atoms with E-state index in [1.165, 1.54) is 12.1 Å². The number of halogens is 1. The Morgan fingerprint density at radius 2 is 1.74 bits per heavy atom. The third-order valence-corrected chi connectivity index (χ3v) is 5.34. The largest absolute Gasteiger partial charge is 0.356 e. The van der Waals surface area contributed by atoms with E-state index in [-0.39, 0.29) is 29.5 Å².